The van der Waals surface area contributed by atoms with Gasteiger partial charge in [-0.2, -0.15) is 0 Å². The first kappa shape index (κ1) is 27.7. The Labute approximate surface area is 225 Å². The van der Waals surface area contributed by atoms with Crippen LogP contribution in [0.3, 0.4) is 0 Å². The predicted octanol–water partition coefficient (Wildman–Crippen LogP) is 5.83. The van der Waals surface area contributed by atoms with Crippen molar-refractivity contribution < 1.29 is 27.8 Å². The average Bonchev–Trinajstić information content (AvgIpc) is 3.22. The van der Waals surface area contributed by atoms with Crippen LogP contribution in [0.4, 0.5) is 0 Å². The van der Waals surface area contributed by atoms with Crippen molar-refractivity contribution in [3.05, 3.63) is 81.9 Å². The number of aryl methyl sites for hydroxylation is 4. The van der Waals surface area contributed by atoms with Crippen molar-refractivity contribution in [2.75, 3.05) is 25.2 Å². The highest BCUT2D eigenvalue weighted by Gasteiger charge is 2.26. The van der Waals surface area contributed by atoms with Gasteiger partial charge in [0.25, 0.3) is 0 Å². The second-order valence-electron chi connectivity index (χ2n) is 10.3. The molecular formula is C31H36O6S. The fourth-order valence-electron chi connectivity index (χ4n) is 5.30. The maximum Gasteiger partial charge on any atom is 0.304 e. The molecule has 3 aromatic carbocycles. The number of fused-ring (bicyclic) bond motifs is 1. The smallest absolute Gasteiger partial charge is 0.304 e. The van der Waals surface area contributed by atoms with E-state index in [4.69, 9.17) is 14.6 Å². The van der Waals surface area contributed by atoms with E-state index in [0.29, 0.717) is 19.6 Å². The van der Waals surface area contributed by atoms with Gasteiger partial charge in [0, 0.05) is 17.7 Å². The summed E-state index contributed by atoms with van der Waals surface area (Å²) in [5.41, 5.74) is 9.34. The van der Waals surface area contributed by atoms with Gasteiger partial charge in [0.15, 0.2) is 0 Å². The molecule has 1 aliphatic rings. The average molecular weight is 537 g/mol. The Morgan fingerprint density at radius 2 is 1.79 bits per heavy atom. The van der Waals surface area contributed by atoms with E-state index in [1.54, 1.807) is 0 Å². The van der Waals surface area contributed by atoms with Crippen LogP contribution in [-0.4, -0.2) is 44.7 Å². The zero-order valence-electron chi connectivity index (χ0n) is 22.5. The number of hydrogen-bond acceptors (Lipinski definition) is 5. The number of carboxylic acid groups (broad SMARTS) is 1. The molecule has 4 rings (SSSR count). The Bertz CT molecular complexity index is 1420. The van der Waals surface area contributed by atoms with Crippen molar-refractivity contribution >= 4 is 15.8 Å². The molecule has 1 aliphatic heterocycles. The first-order valence-corrected chi connectivity index (χ1v) is 15.1. The van der Waals surface area contributed by atoms with Gasteiger partial charge in [0.05, 0.1) is 25.4 Å². The molecular weight excluding hydrogens is 500 g/mol. The Morgan fingerprint density at radius 1 is 1.05 bits per heavy atom. The molecule has 38 heavy (non-hydrogen) atoms. The summed E-state index contributed by atoms with van der Waals surface area (Å²) in [5.74, 6) is 0.813. The van der Waals surface area contributed by atoms with Gasteiger partial charge in [-0.3, -0.25) is 4.79 Å². The summed E-state index contributed by atoms with van der Waals surface area (Å²) in [7, 11) is -2.98. The molecule has 6 nitrogen and oxygen atoms in total. The van der Waals surface area contributed by atoms with Crippen LogP contribution in [0.25, 0.3) is 11.1 Å². The van der Waals surface area contributed by atoms with Crippen molar-refractivity contribution in [1.82, 2.24) is 0 Å². The Hall–Kier alpha value is -3.32. The minimum atomic E-state index is -2.98. The van der Waals surface area contributed by atoms with Crippen molar-refractivity contribution in [2.45, 2.75) is 52.4 Å². The molecule has 0 spiro atoms. The molecule has 0 saturated carbocycles. The molecule has 0 bridgehead atoms. The fraction of sp³-hybridized carbons (Fsp3) is 0.387. The molecule has 0 aliphatic carbocycles. The van der Waals surface area contributed by atoms with E-state index in [-0.39, 0.29) is 18.1 Å². The van der Waals surface area contributed by atoms with Gasteiger partial charge in [-0.1, -0.05) is 30.3 Å². The Balaban J connectivity index is 1.46. The highest BCUT2D eigenvalue weighted by Crippen LogP contribution is 2.37. The SMILES string of the molecule is Cc1cc(OCCCS(C)(=O)=O)cc(C)c1-c1cccc(CCc2ccc3c(c2)OC[C@H]3CC(=O)O)c1C. The van der Waals surface area contributed by atoms with E-state index in [1.807, 2.05) is 18.2 Å². The van der Waals surface area contributed by atoms with Crippen molar-refractivity contribution in [3.63, 3.8) is 0 Å². The number of carboxylic acids is 1. The monoisotopic (exact) mass is 536 g/mol. The number of aliphatic carboxylic acids is 1. The van der Waals surface area contributed by atoms with Crippen molar-refractivity contribution in [1.29, 1.82) is 0 Å². The Kier molecular flexibility index (Phi) is 8.46. The number of carbonyl (C=O) groups is 1. The van der Waals surface area contributed by atoms with Gasteiger partial charge in [-0.05, 0) is 97.2 Å². The first-order chi connectivity index (χ1) is 18.0. The second kappa shape index (κ2) is 11.6. The van der Waals surface area contributed by atoms with E-state index < -0.39 is 15.8 Å². The molecule has 0 aromatic heterocycles. The Morgan fingerprint density at radius 3 is 2.47 bits per heavy atom. The number of rotatable bonds is 11. The number of benzene rings is 3. The van der Waals surface area contributed by atoms with Gasteiger partial charge in [-0.25, -0.2) is 8.42 Å². The van der Waals surface area contributed by atoms with Crippen LogP contribution in [0.1, 0.15) is 52.1 Å². The fourth-order valence-corrected chi connectivity index (χ4v) is 5.95. The normalized spacial score (nSPS) is 14.7. The van der Waals surface area contributed by atoms with Crippen LogP contribution in [0, 0.1) is 20.8 Å². The van der Waals surface area contributed by atoms with E-state index >= 15 is 0 Å². The highest BCUT2D eigenvalue weighted by atomic mass is 32.2. The molecule has 0 unspecified atom stereocenters. The molecule has 1 N–H and O–H groups in total. The lowest BCUT2D eigenvalue weighted by molar-refractivity contribution is -0.137. The third-order valence-corrected chi connectivity index (χ3v) is 8.24. The van der Waals surface area contributed by atoms with E-state index in [0.717, 1.165) is 41.0 Å². The van der Waals surface area contributed by atoms with Crippen LogP contribution in [-0.2, 0) is 27.5 Å². The van der Waals surface area contributed by atoms with Crippen molar-refractivity contribution in [2.24, 2.45) is 0 Å². The summed E-state index contributed by atoms with van der Waals surface area (Å²) >= 11 is 0. The molecule has 7 heteroatoms. The van der Waals surface area contributed by atoms with Gasteiger partial charge in [0.1, 0.15) is 21.3 Å². The van der Waals surface area contributed by atoms with Crippen molar-refractivity contribution in [3.8, 4) is 22.6 Å². The largest absolute Gasteiger partial charge is 0.494 e. The standard InChI is InChI=1S/C31H36O6S/c1-20-15-26(36-13-6-14-38(4,34)35)16-21(2)31(20)27-8-5-7-24(22(27)3)11-9-23-10-12-28-25(18-30(32)33)19-37-29(28)17-23/h5,7-8,10,12,15-17,25H,6,9,11,13-14,18-19H2,1-4H3,(H,32,33)/t25-/m1/s1. The molecule has 1 heterocycles. The van der Waals surface area contributed by atoms with Crippen LogP contribution in [0.15, 0.2) is 48.5 Å². The van der Waals surface area contributed by atoms with E-state index in [1.165, 1.54) is 34.1 Å². The summed E-state index contributed by atoms with van der Waals surface area (Å²) in [6, 6.07) is 16.7. The first-order valence-electron chi connectivity index (χ1n) is 13.0. The zero-order valence-corrected chi connectivity index (χ0v) is 23.4. The number of hydrogen-bond donors (Lipinski definition) is 1. The topological polar surface area (TPSA) is 89.9 Å². The highest BCUT2D eigenvalue weighted by molar-refractivity contribution is 7.90. The molecule has 1 atom stereocenters. The lowest BCUT2D eigenvalue weighted by atomic mass is 9.88. The lowest BCUT2D eigenvalue weighted by Crippen LogP contribution is -2.08. The molecule has 0 saturated heterocycles. The lowest BCUT2D eigenvalue weighted by Gasteiger charge is -2.18. The second-order valence-corrected chi connectivity index (χ2v) is 12.6. The predicted molar refractivity (Wildman–Crippen MR) is 150 cm³/mol. The van der Waals surface area contributed by atoms with Gasteiger partial charge >= 0.3 is 5.97 Å². The third kappa shape index (κ3) is 6.76. The van der Waals surface area contributed by atoms with Crippen LogP contribution >= 0.6 is 0 Å². The van der Waals surface area contributed by atoms with E-state index in [2.05, 4.69) is 51.1 Å². The van der Waals surface area contributed by atoms with Gasteiger partial charge in [0.2, 0.25) is 0 Å². The summed E-state index contributed by atoms with van der Waals surface area (Å²) < 4.78 is 34.3. The number of ether oxygens (including phenoxy) is 2. The summed E-state index contributed by atoms with van der Waals surface area (Å²) in [5, 5.41) is 9.13. The quantitative estimate of drug-likeness (QED) is 0.310. The number of sulfone groups is 1. The molecule has 3 aromatic rings. The minimum absolute atomic E-state index is 0.0776. The summed E-state index contributed by atoms with van der Waals surface area (Å²) in [6.07, 6.45) is 3.55. The third-order valence-electron chi connectivity index (χ3n) is 7.21. The molecule has 0 radical (unpaired) electrons. The molecule has 0 fully saturated rings. The van der Waals surface area contributed by atoms with Crippen LogP contribution < -0.4 is 9.47 Å². The van der Waals surface area contributed by atoms with E-state index in [9.17, 15) is 13.2 Å². The molecule has 0 amide bonds. The zero-order chi connectivity index (χ0) is 27.4. The van der Waals surface area contributed by atoms with Crippen LogP contribution in [0.2, 0.25) is 0 Å². The van der Waals surface area contributed by atoms with Crippen LogP contribution in [0.5, 0.6) is 11.5 Å². The summed E-state index contributed by atoms with van der Waals surface area (Å²) in [6.45, 7) is 7.13. The summed E-state index contributed by atoms with van der Waals surface area (Å²) in [4.78, 5) is 11.1. The maximum atomic E-state index is 11.3. The maximum absolute atomic E-state index is 11.3. The van der Waals surface area contributed by atoms with Gasteiger partial charge in [-0.15, -0.1) is 0 Å². The molecule has 202 valence electrons. The minimum Gasteiger partial charge on any atom is -0.494 e. The van der Waals surface area contributed by atoms with Gasteiger partial charge < -0.3 is 14.6 Å².